The number of carboxylic acid groups (broad SMARTS) is 3. The van der Waals surface area contributed by atoms with Crippen LogP contribution in [-0.4, -0.2) is 129 Å². The molecular formula is C26H39N5O8. The maximum absolute atomic E-state index is 11.4. The summed E-state index contributed by atoms with van der Waals surface area (Å²) < 4.78 is 0. The first kappa shape index (κ1) is 32.1. The van der Waals surface area contributed by atoms with E-state index in [0.29, 0.717) is 45.7 Å². The number of hydrogen-bond acceptors (Lipinski definition) is 9. The number of benzene rings is 1. The van der Waals surface area contributed by atoms with Gasteiger partial charge in [0.05, 0.1) is 24.6 Å². The molecule has 1 unspecified atom stereocenters. The Morgan fingerprint density at radius 3 is 2.08 bits per heavy atom. The minimum Gasteiger partial charge on any atom is -0.480 e. The summed E-state index contributed by atoms with van der Waals surface area (Å²) in [5.41, 5.74) is 1.06. The molecule has 1 aromatic rings. The molecular weight excluding hydrogens is 510 g/mol. The Bertz CT molecular complexity index is 929. The number of carboxylic acids is 3. The summed E-state index contributed by atoms with van der Waals surface area (Å²) >= 11 is 0. The zero-order valence-electron chi connectivity index (χ0n) is 22.2. The summed E-state index contributed by atoms with van der Waals surface area (Å²) in [7, 11) is 6.11. The fourth-order valence-corrected chi connectivity index (χ4v) is 4.77. The number of aryl methyl sites for hydroxylation is 1. The molecule has 2 radical (unpaired) electrons. The van der Waals surface area contributed by atoms with Gasteiger partial charge in [-0.15, -0.1) is 0 Å². The second-order valence-corrected chi connectivity index (χ2v) is 9.88. The van der Waals surface area contributed by atoms with Crippen molar-refractivity contribution in [2.45, 2.75) is 38.1 Å². The molecule has 0 aromatic heterocycles. The lowest BCUT2D eigenvalue weighted by Gasteiger charge is -2.36. The van der Waals surface area contributed by atoms with Crippen LogP contribution in [0.5, 0.6) is 0 Å². The Hall–Kier alpha value is -3.13. The molecule has 0 spiro atoms. The van der Waals surface area contributed by atoms with Crippen molar-refractivity contribution in [2.24, 2.45) is 0 Å². The molecule has 3 N–H and O–H groups in total. The van der Waals surface area contributed by atoms with E-state index >= 15 is 0 Å². The average molecular weight is 550 g/mol. The molecule has 0 bridgehead atoms. The predicted octanol–water partition coefficient (Wildman–Crippen LogP) is 1.21. The minimum atomic E-state index is -1.11. The summed E-state index contributed by atoms with van der Waals surface area (Å²) in [5.74, 6) is -3.14. The van der Waals surface area contributed by atoms with E-state index in [2.05, 4.69) is 4.90 Å². The predicted molar refractivity (Wildman–Crippen MR) is 142 cm³/mol. The molecule has 1 heterocycles. The normalized spacial score (nSPS) is 16.8. The van der Waals surface area contributed by atoms with E-state index in [1.807, 2.05) is 4.90 Å². The Morgan fingerprint density at radius 1 is 0.897 bits per heavy atom. The number of aliphatic carboxylic acids is 3. The highest BCUT2D eigenvalue weighted by atomic mass is 16.6. The van der Waals surface area contributed by atoms with E-state index in [1.165, 1.54) is 17.0 Å². The summed E-state index contributed by atoms with van der Waals surface area (Å²) in [6, 6.07) is 6.33. The smallest absolute Gasteiger partial charge is 0.317 e. The highest BCUT2D eigenvalue weighted by molar-refractivity contribution is 5.72. The number of rotatable bonds is 16. The topological polar surface area (TPSA) is 168 Å². The summed E-state index contributed by atoms with van der Waals surface area (Å²) in [6.45, 7) is 2.51. The molecule has 1 aliphatic heterocycles. The van der Waals surface area contributed by atoms with Crippen LogP contribution in [0.15, 0.2) is 24.3 Å². The van der Waals surface area contributed by atoms with Crippen molar-refractivity contribution < 1.29 is 34.6 Å². The van der Waals surface area contributed by atoms with E-state index in [1.54, 1.807) is 17.0 Å². The van der Waals surface area contributed by atoms with Gasteiger partial charge in [0.15, 0.2) is 0 Å². The summed E-state index contributed by atoms with van der Waals surface area (Å²) in [5, 5.41) is 38.7. The fourth-order valence-electron chi connectivity index (χ4n) is 4.77. The lowest BCUT2D eigenvalue weighted by atomic mass is 10.0. The van der Waals surface area contributed by atoms with Gasteiger partial charge in [0.25, 0.3) is 5.69 Å². The lowest BCUT2D eigenvalue weighted by Crippen LogP contribution is -2.50. The number of non-ortho nitro benzene ring substituents is 1. The van der Waals surface area contributed by atoms with Crippen LogP contribution in [0.3, 0.4) is 0 Å². The molecule has 0 amide bonds. The van der Waals surface area contributed by atoms with E-state index in [4.69, 9.17) is 7.05 Å². The van der Waals surface area contributed by atoms with E-state index in [0.717, 1.165) is 31.2 Å². The van der Waals surface area contributed by atoms with Gasteiger partial charge in [-0.2, -0.15) is 0 Å². The molecule has 216 valence electrons. The number of nitro benzene ring substituents is 1. The van der Waals surface area contributed by atoms with Crippen LogP contribution in [-0.2, 0) is 20.8 Å². The zero-order valence-corrected chi connectivity index (χ0v) is 22.2. The molecule has 13 nitrogen and oxygen atoms in total. The maximum Gasteiger partial charge on any atom is 0.317 e. The van der Waals surface area contributed by atoms with Crippen LogP contribution in [0.25, 0.3) is 0 Å². The third kappa shape index (κ3) is 13.0. The van der Waals surface area contributed by atoms with Crippen LogP contribution < -0.4 is 0 Å². The van der Waals surface area contributed by atoms with Gasteiger partial charge >= 0.3 is 17.9 Å². The van der Waals surface area contributed by atoms with Crippen molar-refractivity contribution in [3.05, 3.63) is 47.0 Å². The van der Waals surface area contributed by atoms with Crippen LogP contribution in [0, 0.1) is 17.2 Å². The summed E-state index contributed by atoms with van der Waals surface area (Å²) in [4.78, 5) is 51.5. The first-order valence-electron chi connectivity index (χ1n) is 13.1. The second kappa shape index (κ2) is 16.7. The monoisotopic (exact) mass is 549 g/mol. The molecule has 39 heavy (non-hydrogen) atoms. The van der Waals surface area contributed by atoms with Crippen molar-refractivity contribution in [3.8, 4) is 0 Å². The van der Waals surface area contributed by atoms with E-state index in [9.17, 15) is 39.8 Å². The number of nitro groups is 1. The van der Waals surface area contributed by atoms with Crippen molar-refractivity contribution in [3.63, 3.8) is 0 Å². The number of hydrogen-bond donors (Lipinski definition) is 3. The molecule has 1 fully saturated rings. The molecule has 0 aliphatic carbocycles. The van der Waals surface area contributed by atoms with Crippen LogP contribution in [0.2, 0.25) is 0 Å². The van der Waals surface area contributed by atoms with Gasteiger partial charge in [0.1, 0.15) is 0 Å². The summed E-state index contributed by atoms with van der Waals surface area (Å²) in [6.07, 6.45) is 4.00. The van der Waals surface area contributed by atoms with Crippen molar-refractivity contribution in [1.29, 1.82) is 0 Å². The molecule has 13 heteroatoms. The number of unbranched alkanes of at least 4 members (excludes halogenated alkanes) is 2. The molecule has 1 aliphatic rings. The molecule has 1 aromatic carbocycles. The van der Waals surface area contributed by atoms with E-state index in [-0.39, 0.29) is 24.8 Å². The zero-order chi connectivity index (χ0) is 28.8. The van der Waals surface area contributed by atoms with Crippen molar-refractivity contribution in [2.75, 3.05) is 65.4 Å². The van der Waals surface area contributed by atoms with Gasteiger partial charge in [-0.3, -0.25) is 44.1 Å². The SMILES string of the molecule is [CH]N1CCN(CC(=O)O)CCN(C(CCCCCc2ccc([N+](=O)[O-])cc2)CN(CC(=O)O)CC(=O)O)CC1. The fraction of sp³-hybridized carbons (Fsp3) is 0.615. The van der Waals surface area contributed by atoms with E-state index < -0.39 is 35.9 Å². The van der Waals surface area contributed by atoms with Crippen molar-refractivity contribution in [1.82, 2.24) is 19.6 Å². The third-order valence-electron chi connectivity index (χ3n) is 6.79. The number of carbonyl (C=O) groups is 3. The standard InChI is InChI=1S/C26H39N5O8/c1-27-11-13-28(18-24(32)33)14-16-30(15-12-27)23(17-29(19-25(34)35)20-26(36)37)6-4-2-3-5-21-7-9-22(10-8-21)31(38)39/h1,7-10,23H,2-6,11-20H2,(H,32,33)(H,34,35)(H,36,37). The maximum atomic E-state index is 11.4. The Balaban J connectivity index is 2.06. The Morgan fingerprint density at radius 2 is 1.49 bits per heavy atom. The minimum absolute atomic E-state index is 0.0517. The van der Waals surface area contributed by atoms with Crippen LogP contribution in [0.1, 0.15) is 31.2 Å². The van der Waals surface area contributed by atoms with Gasteiger partial charge in [-0.05, 0) is 24.8 Å². The molecule has 1 saturated heterocycles. The van der Waals surface area contributed by atoms with Gasteiger partial charge in [-0.1, -0.05) is 25.0 Å². The van der Waals surface area contributed by atoms with Crippen LogP contribution >= 0.6 is 0 Å². The average Bonchev–Trinajstić information content (AvgIpc) is 2.93. The first-order valence-corrected chi connectivity index (χ1v) is 13.1. The van der Waals surface area contributed by atoms with Gasteiger partial charge < -0.3 is 15.3 Å². The third-order valence-corrected chi connectivity index (χ3v) is 6.79. The van der Waals surface area contributed by atoms with Gasteiger partial charge in [0.2, 0.25) is 0 Å². The highest BCUT2D eigenvalue weighted by Crippen LogP contribution is 2.17. The van der Waals surface area contributed by atoms with Crippen molar-refractivity contribution >= 4 is 23.6 Å². The van der Waals surface area contributed by atoms with Gasteiger partial charge in [0, 0.05) is 71.0 Å². The molecule has 2 rings (SSSR count). The quantitative estimate of drug-likeness (QED) is 0.153. The largest absolute Gasteiger partial charge is 0.480 e. The molecule has 1 atom stereocenters. The van der Waals surface area contributed by atoms with Gasteiger partial charge in [-0.25, -0.2) is 0 Å². The lowest BCUT2D eigenvalue weighted by molar-refractivity contribution is -0.384. The van der Waals surface area contributed by atoms with Crippen LogP contribution in [0.4, 0.5) is 5.69 Å². The number of nitrogens with zero attached hydrogens (tertiary/aromatic N) is 5. The first-order chi connectivity index (χ1) is 18.5. The second-order valence-electron chi connectivity index (χ2n) is 9.88. The molecule has 0 saturated carbocycles. The Labute approximate surface area is 228 Å². The Kier molecular flexibility index (Phi) is 13.8. The highest BCUT2D eigenvalue weighted by Gasteiger charge is 2.26.